The molecule has 1 unspecified atom stereocenters. The number of aromatic amines is 1. The number of rotatable bonds is 1. The summed E-state index contributed by atoms with van der Waals surface area (Å²) in [6.07, 6.45) is 4.28. The van der Waals surface area contributed by atoms with Gasteiger partial charge in [-0.15, -0.1) is 0 Å². The molecule has 1 aliphatic heterocycles. The van der Waals surface area contributed by atoms with Gasteiger partial charge in [0, 0.05) is 18.0 Å². The summed E-state index contributed by atoms with van der Waals surface area (Å²) in [5.74, 6) is 0.259. The maximum Gasteiger partial charge on any atom is 0.221 e. The van der Waals surface area contributed by atoms with E-state index in [1.54, 1.807) is 12.4 Å². The van der Waals surface area contributed by atoms with Crippen LogP contribution in [0.4, 0.5) is 5.95 Å². The number of nitrogens with one attached hydrogen (secondary N) is 1. The molecule has 2 aromatic heterocycles. The lowest BCUT2D eigenvalue weighted by Crippen LogP contribution is -2.16. The summed E-state index contributed by atoms with van der Waals surface area (Å²) in [6, 6.07) is 2.12. The molecule has 0 fully saturated rings. The Hall–Kier alpha value is -2.24. The molecule has 0 saturated heterocycles. The molecule has 6 nitrogen and oxygen atoms in total. The highest BCUT2D eigenvalue weighted by atomic mass is 15.1. The van der Waals surface area contributed by atoms with Gasteiger partial charge in [-0.25, -0.2) is 9.97 Å². The second kappa shape index (κ2) is 3.65. The molecule has 3 heterocycles. The van der Waals surface area contributed by atoms with Crippen LogP contribution in [-0.4, -0.2) is 32.4 Å². The van der Waals surface area contributed by atoms with Crippen molar-refractivity contribution in [1.29, 1.82) is 0 Å². The number of nitrogen functional groups attached to an aromatic ring is 1. The van der Waals surface area contributed by atoms with Crippen molar-refractivity contribution in [3.05, 3.63) is 23.5 Å². The predicted octanol–water partition coefficient (Wildman–Crippen LogP) is 0.812. The number of nitrogens with zero attached hydrogens (tertiary/aromatic N) is 4. The van der Waals surface area contributed by atoms with Crippen molar-refractivity contribution in [2.75, 3.05) is 5.73 Å². The molecule has 6 heteroatoms. The van der Waals surface area contributed by atoms with E-state index in [1.165, 1.54) is 0 Å². The summed E-state index contributed by atoms with van der Waals surface area (Å²) in [5, 5.41) is 6.84. The zero-order valence-electron chi connectivity index (χ0n) is 9.38. The van der Waals surface area contributed by atoms with E-state index in [2.05, 4.69) is 32.1 Å². The minimum Gasteiger partial charge on any atom is -0.368 e. The smallest absolute Gasteiger partial charge is 0.221 e. The van der Waals surface area contributed by atoms with E-state index in [0.717, 1.165) is 29.1 Å². The molecule has 0 bridgehead atoms. The topological polar surface area (TPSA) is 92.8 Å². The van der Waals surface area contributed by atoms with E-state index in [4.69, 9.17) is 5.73 Å². The van der Waals surface area contributed by atoms with Crippen LogP contribution < -0.4 is 5.73 Å². The number of aromatic nitrogens is 4. The largest absolute Gasteiger partial charge is 0.368 e. The average molecular weight is 228 g/mol. The van der Waals surface area contributed by atoms with Gasteiger partial charge in [0.25, 0.3) is 0 Å². The second-order valence-electron chi connectivity index (χ2n) is 4.10. The maximum atomic E-state index is 5.71. The Balaban J connectivity index is 2.22. The summed E-state index contributed by atoms with van der Waals surface area (Å²) in [6.45, 7) is 2.06. The molecule has 17 heavy (non-hydrogen) atoms. The van der Waals surface area contributed by atoms with Crippen LogP contribution in [-0.2, 0) is 6.42 Å². The molecule has 2 aromatic rings. The van der Waals surface area contributed by atoms with Crippen molar-refractivity contribution in [1.82, 2.24) is 20.2 Å². The highest BCUT2D eigenvalue weighted by molar-refractivity contribution is 5.84. The third-order valence-corrected chi connectivity index (χ3v) is 2.76. The van der Waals surface area contributed by atoms with Crippen LogP contribution in [0.1, 0.15) is 18.2 Å². The number of aliphatic imine (C=N–C) groups is 1. The van der Waals surface area contributed by atoms with Gasteiger partial charge in [0.05, 0.1) is 23.1 Å². The maximum absolute atomic E-state index is 5.71. The van der Waals surface area contributed by atoms with Gasteiger partial charge in [0.2, 0.25) is 5.95 Å². The Morgan fingerprint density at radius 1 is 1.41 bits per heavy atom. The summed E-state index contributed by atoms with van der Waals surface area (Å²) in [7, 11) is 0. The van der Waals surface area contributed by atoms with Crippen LogP contribution >= 0.6 is 0 Å². The molecule has 86 valence electrons. The third kappa shape index (κ3) is 1.67. The molecule has 0 aromatic carbocycles. The Morgan fingerprint density at radius 3 is 3.06 bits per heavy atom. The van der Waals surface area contributed by atoms with Gasteiger partial charge in [-0.2, -0.15) is 5.10 Å². The molecular formula is C11H12N6. The number of fused-ring (bicyclic) bond motifs is 1. The highest BCUT2D eigenvalue weighted by Gasteiger charge is 2.19. The molecule has 3 N–H and O–H groups in total. The van der Waals surface area contributed by atoms with Gasteiger partial charge >= 0.3 is 0 Å². The standard InChI is InChI=1S/C11H12N6/c1-6-4-7-9(5-13-6)15-11(12)16-10(7)8-2-3-14-17-8/h2-3,5-6H,4H2,1H3,(H,14,17)(H2,12,15,16). The lowest BCUT2D eigenvalue weighted by molar-refractivity contribution is 0.725. The fraction of sp³-hybridized carbons (Fsp3) is 0.273. The van der Waals surface area contributed by atoms with E-state index in [9.17, 15) is 0 Å². The van der Waals surface area contributed by atoms with E-state index in [1.807, 2.05) is 6.07 Å². The Labute approximate surface area is 98.0 Å². The van der Waals surface area contributed by atoms with Crippen molar-refractivity contribution in [2.24, 2.45) is 4.99 Å². The summed E-state index contributed by atoms with van der Waals surface area (Å²) in [4.78, 5) is 12.8. The molecule has 0 saturated carbocycles. The van der Waals surface area contributed by atoms with E-state index in [-0.39, 0.29) is 12.0 Å². The number of anilines is 1. The zero-order chi connectivity index (χ0) is 11.8. The van der Waals surface area contributed by atoms with Gasteiger partial charge < -0.3 is 5.73 Å². The van der Waals surface area contributed by atoms with E-state index >= 15 is 0 Å². The summed E-state index contributed by atoms with van der Waals surface area (Å²) in [5.41, 5.74) is 9.27. The quantitative estimate of drug-likeness (QED) is 0.755. The van der Waals surface area contributed by atoms with Crippen LogP contribution in [0.3, 0.4) is 0 Å². The van der Waals surface area contributed by atoms with Gasteiger partial charge in [0.15, 0.2) is 0 Å². The molecule has 0 amide bonds. The first-order chi connectivity index (χ1) is 8.24. The normalized spacial score (nSPS) is 18.1. The van der Waals surface area contributed by atoms with Crippen LogP contribution in [0.25, 0.3) is 11.4 Å². The van der Waals surface area contributed by atoms with Gasteiger partial charge in [-0.1, -0.05) is 0 Å². The van der Waals surface area contributed by atoms with Gasteiger partial charge in [-0.3, -0.25) is 10.1 Å². The third-order valence-electron chi connectivity index (χ3n) is 2.76. The molecule has 0 radical (unpaired) electrons. The van der Waals surface area contributed by atoms with Gasteiger partial charge in [-0.05, 0) is 19.4 Å². The number of nitrogens with two attached hydrogens (primary N) is 1. The molecule has 3 rings (SSSR count). The van der Waals surface area contributed by atoms with Crippen molar-refractivity contribution in [3.8, 4) is 11.4 Å². The first kappa shape index (κ1) is 9.95. The van der Waals surface area contributed by atoms with Crippen LogP contribution in [0.2, 0.25) is 0 Å². The van der Waals surface area contributed by atoms with Gasteiger partial charge in [0.1, 0.15) is 0 Å². The second-order valence-corrected chi connectivity index (χ2v) is 4.10. The van der Waals surface area contributed by atoms with Crippen molar-refractivity contribution in [3.63, 3.8) is 0 Å². The summed E-state index contributed by atoms with van der Waals surface area (Å²) < 4.78 is 0. The molecule has 1 aliphatic rings. The predicted molar refractivity (Wildman–Crippen MR) is 64.8 cm³/mol. The van der Waals surface area contributed by atoms with Crippen LogP contribution in [0, 0.1) is 0 Å². The van der Waals surface area contributed by atoms with Crippen LogP contribution in [0.15, 0.2) is 17.3 Å². The lowest BCUT2D eigenvalue weighted by atomic mass is 10.00. The average Bonchev–Trinajstić information content (AvgIpc) is 2.82. The van der Waals surface area contributed by atoms with Crippen molar-refractivity contribution in [2.45, 2.75) is 19.4 Å². The number of hydrogen-bond acceptors (Lipinski definition) is 5. The Bertz CT molecular complexity index is 572. The Morgan fingerprint density at radius 2 is 2.29 bits per heavy atom. The SMILES string of the molecule is CC1Cc2c(nc(N)nc2-c2ccn[nH]2)C=N1. The van der Waals surface area contributed by atoms with Crippen molar-refractivity contribution < 1.29 is 0 Å². The lowest BCUT2D eigenvalue weighted by Gasteiger charge is -2.17. The first-order valence-electron chi connectivity index (χ1n) is 5.43. The minimum atomic E-state index is 0.247. The fourth-order valence-corrected chi connectivity index (χ4v) is 1.98. The Kier molecular flexibility index (Phi) is 2.14. The fourth-order valence-electron chi connectivity index (χ4n) is 1.98. The summed E-state index contributed by atoms with van der Waals surface area (Å²) >= 11 is 0. The van der Waals surface area contributed by atoms with E-state index in [0.29, 0.717) is 0 Å². The monoisotopic (exact) mass is 228 g/mol. The first-order valence-corrected chi connectivity index (χ1v) is 5.43. The number of hydrogen-bond donors (Lipinski definition) is 2. The molecule has 0 aliphatic carbocycles. The van der Waals surface area contributed by atoms with Crippen LogP contribution in [0.5, 0.6) is 0 Å². The minimum absolute atomic E-state index is 0.247. The highest BCUT2D eigenvalue weighted by Crippen LogP contribution is 2.25. The molecular weight excluding hydrogens is 216 g/mol. The molecule has 0 spiro atoms. The number of H-pyrrole nitrogens is 1. The zero-order valence-corrected chi connectivity index (χ0v) is 9.38. The molecule has 1 atom stereocenters. The van der Waals surface area contributed by atoms with Crippen molar-refractivity contribution >= 4 is 12.2 Å². The van der Waals surface area contributed by atoms with E-state index < -0.39 is 0 Å².